The van der Waals surface area contributed by atoms with Gasteiger partial charge in [0, 0.05) is 11.6 Å². The van der Waals surface area contributed by atoms with Crippen LogP contribution in [0.3, 0.4) is 0 Å². The molecule has 2 aromatic carbocycles. The molecule has 0 amide bonds. The van der Waals surface area contributed by atoms with Crippen LogP contribution in [0.2, 0.25) is 0 Å². The van der Waals surface area contributed by atoms with Gasteiger partial charge in [0.25, 0.3) is 0 Å². The molecule has 0 aliphatic rings. The van der Waals surface area contributed by atoms with Crippen LogP contribution in [-0.2, 0) is 0 Å². The van der Waals surface area contributed by atoms with E-state index in [0.29, 0.717) is 11.5 Å². The van der Waals surface area contributed by atoms with Crippen LogP contribution in [0.1, 0.15) is 0 Å². The molecule has 112 valence electrons. The van der Waals surface area contributed by atoms with E-state index in [0.717, 1.165) is 22.8 Å². The van der Waals surface area contributed by atoms with Crippen molar-refractivity contribution in [2.24, 2.45) is 0 Å². The Morgan fingerprint density at radius 3 is 2.26 bits per heavy atom. The maximum Gasteiger partial charge on any atom is 0.202 e. The van der Waals surface area contributed by atoms with E-state index in [2.05, 4.69) is 5.16 Å². The molecule has 2 aromatic heterocycles. The Kier molecular flexibility index (Phi) is 3.41. The molecule has 0 aliphatic carbocycles. The van der Waals surface area contributed by atoms with Gasteiger partial charge in [0.2, 0.25) is 5.76 Å². The fourth-order valence-corrected chi connectivity index (χ4v) is 2.26. The van der Waals surface area contributed by atoms with Crippen LogP contribution in [0, 0.1) is 0 Å². The summed E-state index contributed by atoms with van der Waals surface area (Å²) in [6.07, 6.45) is 1.60. The van der Waals surface area contributed by atoms with E-state index in [1.807, 2.05) is 72.8 Å². The molecular weight excluding hydrogens is 290 g/mol. The van der Waals surface area contributed by atoms with E-state index >= 15 is 0 Å². The van der Waals surface area contributed by atoms with E-state index in [1.54, 1.807) is 6.26 Å². The lowest BCUT2D eigenvalue weighted by Gasteiger charge is -2.05. The highest BCUT2D eigenvalue weighted by atomic mass is 16.5. The largest absolute Gasteiger partial charge is 0.461 e. The third-order valence-electron chi connectivity index (χ3n) is 3.40. The number of para-hydroxylation sites is 1. The Hall–Kier alpha value is -3.27. The standard InChI is InChI=1S/C19H13NO3/c1-2-5-15(6-3-1)22-16-10-8-14(9-11-16)17-13-19(23-20-17)18-7-4-12-21-18/h1-13H. The first-order chi connectivity index (χ1) is 11.4. The van der Waals surface area contributed by atoms with Gasteiger partial charge in [-0.15, -0.1) is 0 Å². The highest BCUT2D eigenvalue weighted by molar-refractivity contribution is 5.64. The van der Waals surface area contributed by atoms with E-state index < -0.39 is 0 Å². The monoisotopic (exact) mass is 303 g/mol. The van der Waals surface area contributed by atoms with Crippen molar-refractivity contribution in [3.8, 4) is 34.3 Å². The van der Waals surface area contributed by atoms with Gasteiger partial charge in [-0.25, -0.2) is 0 Å². The maximum atomic E-state index is 5.77. The van der Waals surface area contributed by atoms with Gasteiger partial charge in [-0.1, -0.05) is 23.4 Å². The zero-order chi connectivity index (χ0) is 15.5. The Labute approximate surface area is 132 Å². The fourth-order valence-electron chi connectivity index (χ4n) is 2.26. The summed E-state index contributed by atoms with van der Waals surface area (Å²) >= 11 is 0. The number of nitrogens with zero attached hydrogens (tertiary/aromatic N) is 1. The second-order valence-corrected chi connectivity index (χ2v) is 4.99. The molecule has 2 heterocycles. The SMILES string of the molecule is c1ccc(Oc2ccc(-c3cc(-c4ccco4)on3)cc2)cc1. The summed E-state index contributed by atoms with van der Waals surface area (Å²) in [6, 6.07) is 22.9. The number of aromatic nitrogens is 1. The van der Waals surface area contributed by atoms with Crippen LogP contribution in [0.15, 0.2) is 88.0 Å². The maximum absolute atomic E-state index is 5.77. The first-order valence-corrected chi connectivity index (χ1v) is 7.22. The van der Waals surface area contributed by atoms with Crippen molar-refractivity contribution >= 4 is 0 Å². The second-order valence-electron chi connectivity index (χ2n) is 4.99. The molecule has 4 aromatic rings. The number of hydrogen-bond donors (Lipinski definition) is 0. The van der Waals surface area contributed by atoms with Crippen molar-refractivity contribution in [1.29, 1.82) is 0 Å². The van der Waals surface area contributed by atoms with Gasteiger partial charge in [-0.3, -0.25) is 0 Å². The Morgan fingerprint density at radius 2 is 1.52 bits per heavy atom. The zero-order valence-corrected chi connectivity index (χ0v) is 12.2. The minimum Gasteiger partial charge on any atom is -0.461 e. The van der Waals surface area contributed by atoms with Crippen molar-refractivity contribution in [3.63, 3.8) is 0 Å². The predicted molar refractivity (Wildman–Crippen MR) is 86.2 cm³/mol. The second kappa shape index (κ2) is 5.85. The number of ether oxygens (including phenoxy) is 1. The molecule has 0 bridgehead atoms. The first-order valence-electron chi connectivity index (χ1n) is 7.22. The van der Waals surface area contributed by atoms with Crippen LogP contribution in [-0.4, -0.2) is 5.16 Å². The molecule has 4 nitrogen and oxygen atoms in total. The Morgan fingerprint density at radius 1 is 0.739 bits per heavy atom. The van der Waals surface area contributed by atoms with Gasteiger partial charge in [-0.05, 0) is 48.5 Å². The van der Waals surface area contributed by atoms with Crippen LogP contribution in [0.5, 0.6) is 11.5 Å². The molecule has 0 atom stereocenters. The van der Waals surface area contributed by atoms with Crippen molar-refractivity contribution < 1.29 is 13.7 Å². The molecule has 0 saturated carbocycles. The van der Waals surface area contributed by atoms with Crippen LogP contribution < -0.4 is 4.74 Å². The van der Waals surface area contributed by atoms with E-state index in [4.69, 9.17) is 13.7 Å². The van der Waals surface area contributed by atoms with E-state index in [-0.39, 0.29) is 0 Å². The van der Waals surface area contributed by atoms with Crippen molar-refractivity contribution in [1.82, 2.24) is 5.16 Å². The third kappa shape index (κ3) is 2.87. The molecule has 23 heavy (non-hydrogen) atoms. The molecule has 4 rings (SSSR count). The van der Waals surface area contributed by atoms with Gasteiger partial charge in [0.15, 0.2) is 5.76 Å². The molecule has 0 spiro atoms. The van der Waals surface area contributed by atoms with E-state index in [9.17, 15) is 0 Å². The summed E-state index contributed by atoms with van der Waals surface area (Å²) in [5.41, 5.74) is 1.70. The number of rotatable bonds is 4. The topological polar surface area (TPSA) is 48.4 Å². The molecule has 0 radical (unpaired) electrons. The number of hydrogen-bond acceptors (Lipinski definition) is 4. The molecule has 0 aliphatic heterocycles. The fraction of sp³-hybridized carbons (Fsp3) is 0. The highest BCUT2D eigenvalue weighted by Gasteiger charge is 2.10. The van der Waals surface area contributed by atoms with Gasteiger partial charge in [0.1, 0.15) is 17.2 Å². The lowest BCUT2D eigenvalue weighted by atomic mass is 10.1. The normalized spacial score (nSPS) is 10.6. The van der Waals surface area contributed by atoms with Crippen LogP contribution in [0.25, 0.3) is 22.8 Å². The lowest BCUT2D eigenvalue weighted by Crippen LogP contribution is -1.84. The first kappa shape index (κ1) is 13.4. The van der Waals surface area contributed by atoms with Gasteiger partial charge < -0.3 is 13.7 Å². The molecule has 0 unspecified atom stereocenters. The summed E-state index contributed by atoms with van der Waals surface area (Å²) in [5, 5.41) is 4.08. The van der Waals surface area contributed by atoms with Crippen molar-refractivity contribution in [2.45, 2.75) is 0 Å². The minimum atomic E-state index is 0.606. The Bertz CT molecular complexity index is 878. The van der Waals surface area contributed by atoms with Crippen LogP contribution in [0.4, 0.5) is 0 Å². The van der Waals surface area contributed by atoms with Gasteiger partial charge in [0.05, 0.1) is 6.26 Å². The average molecular weight is 303 g/mol. The van der Waals surface area contributed by atoms with E-state index in [1.165, 1.54) is 0 Å². The summed E-state index contributed by atoms with van der Waals surface area (Å²) < 4.78 is 16.4. The van der Waals surface area contributed by atoms with Crippen LogP contribution >= 0.6 is 0 Å². The summed E-state index contributed by atoms with van der Waals surface area (Å²) in [5.74, 6) is 2.85. The lowest BCUT2D eigenvalue weighted by molar-refractivity contribution is 0.420. The molecule has 0 fully saturated rings. The summed E-state index contributed by atoms with van der Waals surface area (Å²) in [4.78, 5) is 0. The zero-order valence-electron chi connectivity index (χ0n) is 12.2. The summed E-state index contributed by atoms with van der Waals surface area (Å²) in [6.45, 7) is 0. The number of benzene rings is 2. The smallest absolute Gasteiger partial charge is 0.202 e. The average Bonchev–Trinajstić information content (AvgIpc) is 3.28. The highest BCUT2D eigenvalue weighted by Crippen LogP contribution is 2.28. The third-order valence-corrected chi connectivity index (χ3v) is 3.40. The van der Waals surface area contributed by atoms with Gasteiger partial charge >= 0.3 is 0 Å². The summed E-state index contributed by atoms with van der Waals surface area (Å²) in [7, 11) is 0. The molecule has 0 saturated heterocycles. The van der Waals surface area contributed by atoms with Gasteiger partial charge in [-0.2, -0.15) is 0 Å². The molecular formula is C19H13NO3. The quantitative estimate of drug-likeness (QED) is 0.507. The number of furan rings is 1. The van der Waals surface area contributed by atoms with Crippen molar-refractivity contribution in [2.75, 3.05) is 0 Å². The Balaban J connectivity index is 1.54. The van der Waals surface area contributed by atoms with Crippen molar-refractivity contribution in [3.05, 3.63) is 79.1 Å². The molecule has 0 N–H and O–H groups in total. The predicted octanol–water partition coefficient (Wildman–Crippen LogP) is 5.39. The molecule has 4 heteroatoms. The minimum absolute atomic E-state index is 0.606.